The zero-order valence-corrected chi connectivity index (χ0v) is 20.3. The van der Waals surface area contributed by atoms with Crippen LogP contribution in [0.4, 0.5) is 11.8 Å². The van der Waals surface area contributed by atoms with E-state index in [2.05, 4.69) is 25.4 Å². The van der Waals surface area contributed by atoms with Gasteiger partial charge in [-0.05, 0) is 61.1 Å². The molecule has 0 spiro atoms. The summed E-state index contributed by atoms with van der Waals surface area (Å²) in [4.78, 5) is 9.43. The molecule has 0 radical (unpaired) electrons. The third-order valence-electron chi connectivity index (χ3n) is 6.86. The number of nitrogens with one attached hydrogen (secondary N) is 3. The molecule has 0 aliphatic heterocycles. The molecule has 3 aromatic carbocycles. The summed E-state index contributed by atoms with van der Waals surface area (Å²) in [6, 6.07) is 20.7. The third kappa shape index (κ3) is 5.22. The molecule has 5 N–H and O–H groups in total. The largest absolute Gasteiger partial charge is 0.354 e. The lowest BCUT2D eigenvalue weighted by atomic mass is 9.82. The number of hydrogen-bond donors (Lipinski definition) is 4. The molecule has 1 aliphatic rings. The Kier molecular flexibility index (Phi) is 6.81. The van der Waals surface area contributed by atoms with Crippen molar-refractivity contribution in [2.45, 2.75) is 30.6 Å². The summed E-state index contributed by atoms with van der Waals surface area (Å²) >= 11 is 0. The Balaban J connectivity index is 1.14. The van der Waals surface area contributed by atoms with Crippen molar-refractivity contribution in [3.63, 3.8) is 0 Å². The Morgan fingerprint density at radius 1 is 0.800 bits per heavy atom. The van der Waals surface area contributed by atoms with Crippen LogP contribution in [0.3, 0.4) is 0 Å². The minimum Gasteiger partial charge on any atom is -0.354 e. The van der Waals surface area contributed by atoms with Gasteiger partial charge in [-0.3, -0.25) is 0 Å². The fraction of sp³-hybridized carbons (Fsp3) is 0.308. The predicted molar refractivity (Wildman–Crippen MR) is 140 cm³/mol. The van der Waals surface area contributed by atoms with Crippen LogP contribution in [0, 0.1) is 11.8 Å². The first-order chi connectivity index (χ1) is 17.0. The monoisotopic (exact) mass is 490 g/mol. The van der Waals surface area contributed by atoms with Crippen LogP contribution >= 0.6 is 0 Å². The minimum atomic E-state index is -3.57. The van der Waals surface area contributed by atoms with Gasteiger partial charge in [0.05, 0.1) is 10.4 Å². The Morgan fingerprint density at radius 3 is 2.23 bits per heavy atom. The molecule has 1 aliphatic carbocycles. The van der Waals surface area contributed by atoms with E-state index in [1.54, 1.807) is 12.1 Å². The lowest BCUT2D eigenvalue weighted by molar-refractivity contribution is 0.284. The van der Waals surface area contributed by atoms with E-state index >= 15 is 0 Å². The number of anilines is 2. The van der Waals surface area contributed by atoms with Gasteiger partial charge in [0.25, 0.3) is 0 Å². The normalized spacial score (nSPS) is 18.5. The highest BCUT2D eigenvalue weighted by atomic mass is 32.2. The van der Waals surface area contributed by atoms with Crippen molar-refractivity contribution in [1.29, 1.82) is 0 Å². The Morgan fingerprint density at radius 2 is 1.46 bits per heavy atom. The maximum absolute atomic E-state index is 13.0. The highest BCUT2D eigenvalue weighted by Crippen LogP contribution is 2.30. The van der Waals surface area contributed by atoms with E-state index in [0.717, 1.165) is 53.9 Å². The Hall–Kier alpha value is -3.27. The lowest BCUT2D eigenvalue weighted by Crippen LogP contribution is -2.32. The van der Waals surface area contributed by atoms with Crippen LogP contribution in [0.5, 0.6) is 0 Å². The molecular formula is C26H30N6O2S. The maximum Gasteiger partial charge on any atom is 0.241 e. The van der Waals surface area contributed by atoms with Crippen LogP contribution in [0.2, 0.25) is 0 Å². The summed E-state index contributed by atoms with van der Waals surface area (Å²) in [6.07, 6.45) is 4.03. The molecule has 4 aromatic rings. The van der Waals surface area contributed by atoms with Crippen molar-refractivity contribution in [1.82, 2.24) is 14.7 Å². The first kappa shape index (κ1) is 23.5. The predicted octanol–water partition coefficient (Wildman–Crippen LogP) is 4.27. The van der Waals surface area contributed by atoms with Crippen molar-refractivity contribution in [3.05, 3.63) is 66.7 Å². The SMILES string of the molecule is NNc1nc(NC[C@H]2CC[C@H](CNS(=O)(=O)c3cccc4ccccc34)CC2)nc2ccccc12. The molecule has 1 saturated carbocycles. The lowest BCUT2D eigenvalue weighted by Gasteiger charge is -2.28. The number of nitrogens with zero attached hydrogens (tertiary/aromatic N) is 2. The van der Waals surface area contributed by atoms with Crippen molar-refractivity contribution < 1.29 is 8.42 Å². The second-order valence-corrected chi connectivity index (χ2v) is 10.9. The van der Waals surface area contributed by atoms with Gasteiger partial charge < -0.3 is 10.7 Å². The number of para-hydroxylation sites is 1. The van der Waals surface area contributed by atoms with E-state index in [4.69, 9.17) is 5.84 Å². The molecule has 35 heavy (non-hydrogen) atoms. The zero-order chi connectivity index (χ0) is 24.3. The van der Waals surface area contributed by atoms with Crippen molar-refractivity contribution in [3.8, 4) is 0 Å². The second kappa shape index (κ2) is 10.2. The van der Waals surface area contributed by atoms with Gasteiger partial charge >= 0.3 is 0 Å². The van der Waals surface area contributed by atoms with Crippen LogP contribution in [-0.4, -0.2) is 31.5 Å². The molecule has 0 bridgehead atoms. The number of nitrogen functional groups attached to an aromatic ring is 1. The molecule has 0 amide bonds. The van der Waals surface area contributed by atoms with Crippen LogP contribution < -0.4 is 21.3 Å². The van der Waals surface area contributed by atoms with Gasteiger partial charge in [0.1, 0.15) is 0 Å². The molecule has 5 rings (SSSR count). The molecule has 1 fully saturated rings. The molecule has 182 valence electrons. The minimum absolute atomic E-state index is 0.334. The number of nitrogens with two attached hydrogens (primary N) is 1. The standard InChI is InChI=1S/C26H30N6O2S/c27-32-25-22-9-3-4-10-23(22)30-26(31-25)28-16-18-12-14-19(15-13-18)17-29-35(33,34)24-11-5-7-20-6-1-2-8-21(20)24/h1-11,18-19,29H,12-17,27H2,(H2,28,30,31,32)/t18-,19-. The summed E-state index contributed by atoms with van der Waals surface area (Å²) in [5, 5.41) is 5.92. The summed E-state index contributed by atoms with van der Waals surface area (Å²) in [5.41, 5.74) is 3.49. The summed E-state index contributed by atoms with van der Waals surface area (Å²) < 4.78 is 28.9. The number of sulfonamides is 1. The van der Waals surface area contributed by atoms with Crippen molar-refractivity contribution >= 4 is 43.5 Å². The fourth-order valence-electron chi connectivity index (χ4n) is 4.88. The average Bonchev–Trinajstić information content (AvgIpc) is 2.90. The quantitative estimate of drug-likeness (QED) is 0.215. The Bertz CT molecular complexity index is 1430. The molecule has 1 heterocycles. The van der Waals surface area contributed by atoms with Crippen molar-refractivity contribution in [2.75, 3.05) is 23.8 Å². The number of hydrogen-bond acceptors (Lipinski definition) is 7. The van der Waals surface area contributed by atoms with E-state index in [0.29, 0.717) is 35.0 Å². The van der Waals surface area contributed by atoms with Crippen molar-refractivity contribution in [2.24, 2.45) is 17.7 Å². The van der Waals surface area contributed by atoms with E-state index in [1.807, 2.05) is 54.6 Å². The van der Waals surface area contributed by atoms with E-state index in [-0.39, 0.29) is 0 Å². The van der Waals surface area contributed by atoms with Gasteiger partial charge in [0.15, 0.2) is 5.82 Å². The first-order valence-corrected chi connectivity index (χ1v) is 13.5. The van der Waals surface area contributed by atoms with Crippen LogP contribution in [0.15, 0.2) is 71.6 Å². The van der Waals surface area contributed by atoms with E-state index < -0.39 is 10.0 Å². The number of rotatable bonds is 8. The average molecular weight is 491 g/mol. The van der Waals surface area contributed by atoms with Crippen LogP contribution in [0.1, 0.15) is 25.7 Å². The number of aromatic nitrogens is 2. The molecule has 0 atom stereocenters. The smallest absolute Gasteiger partial charge is 0.241 e. The summed E-state index contributed by atoms with van der Waals surface area (Å²) in [5.74, 6) is 7.63. The highest BCUT2D eigenvalue weighted by Gasteiger charge is 2.24. The Labute approximate surface area is 205 Å². The molecule has 0 saturated heterocycles. The van der Waals surface area contributed by atoms with Gasteiger partial charge in [0.2, 0.25) is 16.0 Å². The second-order valence-electron chi connectivity index (χ2n) is 9.15. The van der Waals surface area contributed by atoms with Gasteiger partial charge in [-0.2, -0.15) is 4.98 Å². The maximum atomic E-state index is 13.0. The molecule has 1 aromatic heterocycles. The number of fused-ring (bicyclic) bond motifs is 2. The topological polar surface area (TPSA) is 122 Å². The van der Waals surface area contributed by atoms with E-state index in [9.17, 15) is 8.42 Å². The molecule has 9 heteroatoms. The number of benzene rings is 3. The van der Waals surface area contributed by atoms with Gasteiger partial charge in [-0.25, -0.2) is 24.0 Å². The van der Waals surface area contributed by atoms with Gasteiger partial charge in [-0.15, -0.1) is 0 Å². The fourth-order valence-corrected chi connectivity index (χ4v) is 6.22. The van der Waals surface area contributed by atoms with Gasteiger partial charge in [0, 0.05) is 23.9 Å². The first-order valence-electron chi connectivity index (χ1n) is 12.0. The summed E-state index contributed by atoms with van der Waals surface area (Å²) in [7, 11) is -3.57. The van der Waals surface area contributed by atoms with Gasteiger partial charge in [-0.1, -0.05) is 48.5 Å². The molecular weight excluding hydrogens is 460 g/mol. The van der Waals surface area contributed by atoms with E-state index in [1.165, 1.54) is 0 Å². The molecule has 8 nitrogen and oxygen atoms in total. The summed E-state index contributed by atoms with van der Waals surface area (Å²) in [6.45, 7) is 1.24. The zero-order valence-electron chi connectivity index (χ0n) is 19.4. The van der Waals surface area contributed by atoms with Crippen LogP contribution in [-0.2, 0) is 10.0 Å². The third-order valence-corrected chi connectivity index (χ3v) is 8.34. The van der Waals surface area contributed by atoms with Crippen LogP contribution in [0.25, 0.3) is 21.7 Å². The number of hydrazine groups is 1. The highest BCUT2D eigenvalue weighted by molar-refractivity contribution is 7.89. The molecule has 0 unspecified atom stereocenters.